The van der Waals surface area contributed by atoms with Crippen molar-refractivity contribution in [2.24, 2.45) is 0 Å². The minimum absolute atomic E-state index is 0. The highest BCUT2D eigenvalue weighted by Gasteiger charge is 2.17. The van der Waals surface area contributed by atoms with Crippen molar-refractivity contribution in [1.29, 1.82) is 0 Å². The molecule has 0 bridgehead atoms. The molecule has 2 heterocycles. The lowest BCUT2D eigenvalue weighted by atomic mass is 10.2. The van der Waals surface area contributed by atoms with Gasteiger partial charge in [0.05, 0.1) is 27.7 Å². The fourth-order valence-electron chi connectivity index (χ4n) is 3.32. The van der Waals surface area contributed by atoms with E-state index in [0.717, 1.165) is 38.9 Å². The van der Waals surface area contributed by atoms with Gasteiger partial charge < -0.3 is 10.3 Å². The molecule has 0 aliphatic carbocycles. The maximum Gasteiger partial charge on any atom is 0.294 e. The van der Waals surface area contributed by atoms with Gasteiger partial charge in [0.2, 0.25) is 0 Å². The van der Waals surface area contributed by atoms with Crippen LogP contribution < -0.4 is 5.73 Å². The number of nitrogens with zero attached hydrogens (tertiary/aromatic N) is 5. The predicted octanol–water partition coefficient (Wildman–Crippen LogP) is 6.63. The third-order valence-electron chi connectivity index (χ3n) is 4.65. The Morgan fingerprint density at radius 2 is 1.30 bits per heavy atom. The van der Waals surface area contributed by atoms with Crippen LogP contribution in [0, 0.1) is 37.8 Å². The Morgan fingerprint density at radius 1 is 0.848 bits per heavy atom. The standard InChI is InChI=1S/C11H10BrN3O2.C11H12BrN3.CH4/c1-7-6-14(8(2)13-7)10-4-3-9(12)5-11(10)15(16)17;1-7-6-15(8(2)14-7)11-4-3-9(12)5-10(11)13;/h3-6H,1-2H3;3-6H,13H2,1-2H3;1H4. The van der Waals surface area contributed by atoms with Crippen LogP contribution >= 0.6 is 31.9 Å². The number of imidazole rings is 2. The minimum Gasteiger partial charge on any atom is -0.397 e. The molecule has 2 aromatic heterocycles. The van der Waals surface area contributed by atoms with Crippen LogP contribution in [-0.2, 0) is 0 Å². The van der Waals surface area contributed by atoms with Gasteiger partial charge in [-0.3, -0.25) is 14.7 Å². The highest BCUT2D eigenvalue weighted by molar-refractivity contribution is 9.10. The van der Waals surface area contributed by atoms with E-state index >= 15 is 0 Å². The van der Waals surface area contributed by atoms with E-state index in [0.29, 0.717) is 10.2 Å². The molecular weight excluding hydrogens is 552 g/mol. The van der Waals surface area contributed by atoms with Crippen LogP contribution in [-0.4, -0.2) is 24.0 Å². The number of nitro benzene ring substituents is 1. The summed E-state index contributed by atoms with van der Waals surface area (Å²) in [5, 5.41) is 11.0. The first kappa shape index (κ1) is 26.3. The molecule has 0 saturated carbocycles. The van der Waals surface area contributed by atoms with Gasteiger partial charge in [-0.05, 0) is 58.0 Å². The number of nitrogen functional groups attached to an aromatic ring is 1. The molecule has 4 aromatic rings. The summed E-state index contributed by atoms with van der Waals surface area (Å²) in [6, 6.07) is 10.8. The monoisotopic (exact) mass is 576 g/mol. The summed E-state index contributed by atoms with van der Waals surface area (Å²) in [5.41, 5.74) is 10.1. The van der Waals surface area contributed by atoms with E-state index in [9.17, 15) is 10.1 Å². The smallest absolute Gasteiger partial charge is 0.294 e. The number of nitrogens with two attached hydrogens (primary N) is 1. The third kappa shape index (κ3) is 6.08. The lowest BCUT2D eigenvalue weighted by molar-refractivity contribution is -0.384. The fourth-order valence-corrected chi connectivity index (χ4v) is 4.04. The van der Waals surface area contributed by atoms with E-state index in [1.165, 1.54) is 6.07 Å². The Bertz CT molecular complexity index is 1300. The fraction of sp³-hybridized carbons (Fsp3) is 0.217. The van der Waals surface area contributed by atoms with Gasteiger partial charge in [-0.1, -0.05) is 39.3 Å². The number of rotatable bonds is 3. The van der Waals surface area contributed by atoms with Crippen LogP contribution in [0.2, 0.25) is 0 Å². The summed E-state index contributed by atoms with van der Waals surface area (Å²) in [4.78, 5) is 19.2. The molecule has 2 N–H and O–H groups in total. The van der Waals surface area contributed by atoms with Crippen molar-refractivity contribution in [2.45, 2.75) is 35.1 Å². The average Bonchev–Trinajstić information content (AvgIpc) is 3.22. The van der Waals surface area contributed by atoms with Crippen LogP contribution in [0.25, 0.3) is 11.4 Å². The normalized spacial score (nSPS) is 10.2. The molecule has 0 fully saturated rings. The van der Waals surface area contributed by atoms with E-state index in [2.05, 4.69) is 41.8 Å². The molecule has 0 aliphatic rings. The molecule has 0 aliphatic heterocycles. The number of aryl methyl sites for hydroxylation is 4. The van der Waals surface area contributed by atoms with Gasteiger partial charge in [-0.25, -0.2) is 9.97 Å². The van der Waals surface area contributed by atoms with E-state index in [-0.39, 0.29) is 13.1 Å². The first-order chi connectivity index (χ1) is 15.1. The van der Waals surface area contributed by atoms with E-state index < -0.39 is 4.92 Å². The molecule has 0 atom stereocenters. The summed E-state index contributed by atoms with van der Waals surface area (Å²) in [5.74, 6) is 1.68. The van der Waals surface area contributed by atoms with Gasteiger partial charge in [0, 0.05) is 27.4 Å². The van der Waals surface area contributed by atoms with Gasteiger partial charge in [0.15, 0.2) is 0 Å². The summed E-state index contributed by atoms with van der Waals surface area (Å²) >= 11 is 6.62. The molecule has 0 amide bonds. The molecule has 0 radical (unpaired) electrons. The lowest BCUT2D eigenvalue weighted by Gasteiger charge is -2.08. The molecule has 0 unspecified atom stereocenters. The Labute approximate surface area is 209 Å². The number of hydrogen-bond donors (Lipinski definition) is 1. The van der Waals surface area contributed by atoms with Crippen molar-refractivity contribution in [3.8, 4) is 11.4 Å². The largest absolute Gasteiger partial charge is 0.397 e. The van der Waals surface area contributed by atoms with Crippen molar-refractivity contribution >= 4 is 43.2 Å². The average molecular weight is 578 g/mol. The Balaban J connectivity index is 0.000000228. The molecule has 2 aromatic carbocycles. The predicted molar refractivity (Wildman–Crippen MR) is 139 cm³/mol. The maximum atomic E-state index is 11.0. The zero-order valence-corrected chi connectivity index (χ0v) is 21.2. The summed E-state index contributed by atoms with van der Waals surface area (Å²) in [6.45, 7) is 7.61. The van der Waals surface area contributed by atoms with Crippen LogP contribution in [0.15, 0.2) is 57.7 Å². The number of halogens is 2. The lowest BCUT2D eigenvalue weighted by Crippen LogP contribution is -2.01. The second-order valence-electron chi connectivity index (χ2n) is 7.19. The summed E-state index contributed by atoms with van der Waals surface area (Å²) in [6.07, 6.45) is 3.76. The zero-order chi connectivity index (χ0) is 23.6. The van der Waals surface area contributed by atoms with Crippen molar-refractivity contribution in [3.05, 3.63) is 90.9 Å². The van der Waals surface area contributed by atoms with Gasteiger partial charge in [0.25, 0.3) is 5.69 Å². The molecule has 8 nitrogen and oxygen atoms in total. The second kappa shape index (κ2) is 10.8. The molecule has 0 saturated heterocycles. The van der Waals surface area contributed by atoms with Gasteiger partial charge in [0.1, 0.15) is 17.3 Å². The van der Waals surface area contributed by atoms with Crippen molar-refractivity contribution in [2.75, 3.05) is 5.73 Å². The Morgan fingerprint density at radius 3 is 1.73 bits per heavy atom. The first-order valence-corrected chi connectivity index (χ1v) is 11.2. The molecule has 4 rings (SSSR count). The van der Waals surface area contributed by atoms with Crippen LogP contribution in [0.3, 0.4) is 0 Å². The maximum absolute atomic E-state index is 11.0. The highest BCUT2D eigenvalue weighted by atomic mass is 79.9. The van der Waals surface area contributed by atoms with E-state index in [1.54, 1.807) is 22.9 Å². The van der Waals surface area contributed by atoms with Crippen LogP contribution in [0.1, 0.15) is 30.5 Å². The number of benzene rings is 2. The van der Waals surface area contributed by atoms with Crippen molar-refractivity contribution < 1.29 is 4.92 Å². The molecule has 174 valence electrons. The number of aromatic nitrogens is 4. The van der Waals surface area contributed by atoms with Crippen LogP contribution in [0.4, 0.5) is 11.4 Å². The summed E-state index contributed by atoms with van der Waals surface area (Å²) in [7, 11) is 0. The van der Waals surface area contributed by atoms with E-state index in [1.807, 2.05) is 56.7 Å². The van der Waals surface area contributed by atoms with Crippen molar-refractivity contribution in [3.63, 3.8) is 0 Å². The molecular formula is C23H26Br2N6O2. The molecule has 0 spiro atoms. The summed E-state index contributed by atoms with van der Waals surface area (Å²) < 4.78 is 5.39. The minimum atomic E-state index is -0.394. The molecule has 10 heteroatoms. The van der Waals surface area contributed by atoms with Crippen molar-refractivity contribution in [1.82, 2.24) is 19.1 Å². The third-order valence-corrected chi connectivity index (χ3v) is 5.63. The van der Waals surface area contributed by atoms with Gasteiger partial charge in [-0.15, -0.1) is 0 Å². The quantitative estimate of drug-likeness (QED) is 0.167. The van der Waals surface area contributed by atoms with Gasteiger partial charge >= 0.3 is 0 Å². The SMILES string of the molecule is C.Cc1cn(-c2ccc(Br)cc2N)c(C)n1.Cc1cn(-c2ccc(Br)cc2[N+](=O)[O-])c(C)n1. The topological polar surface area (TPSA) is 105 Å². The number of anilines is 1. The Kier molecular flexibility index (Phi) is 8.57. The molecule has 33 heavy (non-hydrogen) atoms. The first-order valence-electron chi connectivity index (χ1n) is 9.61. The Hall–Kier alpha value is -2.98. The van der Waals surface area contributed by atoms with Gasteiger partial charge in [-0.2, -0.15) is 0 Å². The highest BCUT2D eigenvalue weighted by Crippen LogP contribution is 2.28. The zero-order valence-electron chi connectivity index (χ0n) is 18.0. The van der Waals surface area contributed by atoms with E-state index in [4.69, 9.17) is 5.73 Å². The van der Waals surface area contributed by atoms with Crippen LogP contribution in [0.5, 0.6) is 0 Å². The number of hydrogen-bond acceptors (Lipinski definition) is 5. The number of nitro groups is 1. The second-order valence-corrected chi connectivity index (χ2v) is 9.02.